The van der Waals surface area contributed by atoms with Gasteiger partial charge in [0.25, 0.3) is 5.91 Å². The van der Waals surface area contributed by atoms with E-state index in [1.807, 2.05) is 97.6 Å². The normalized spacial score (nSPS) is 16.0. The Kier molecular flexibility index (Phi) is 5.09. The van der Waals surface area contributed by atoms with Crippen molar-refractivity contribution in [2.45, 2.75) is 19.9 Å². The molecule has 29 heavy (non-hydrogen) atoms. The molecule has 0 radical (unpaired) electrons. The molecule has 0 fully saturated rings. The van der Waals surface area contributed by atoms with E-state index in [0.29, 0.717) is 5.70 Å². The average molecular weight is 384 g/mol. The van der Waals surface area contributed by atoms with Crippen LogP contribution >= 0.6 is 0 Å². The van der Waals surface area contributed by atoms with Gasteiger partial charge in [-0.3, -0.25) is 9.69 Å². The van der Waals surface area contributed by atoms with Crippen molar-refractivity contribution in [1.29, 1.82) is 0 Å². The van der Waals surface area contributed by atoms with Crippen LogP contribution in [0.3, 0.4) is 0 Å². The third kappa shape index (κ3) is 3.87. The lowest BCUT2D eigenvalue weighted by Crippen LogP contribution is -2.30. The lowest BCUT2D eigenvalue weighted by molar-refractivity contribution is -0.114. The summed E-state index contributed by atoms with van der Waals surface area (Å²) in [5.74, 6) is 0.717. The molecule has 0 aliphatic carbocycles. The number of carbonyl (C=O) groups excluding carboxylic acids is 1. The predicted molar refractivity (Wildman–Crippen MR) is 117 cm³/mol. The van der Waals surface area contributed by atoms with Crippen LogP contribution in [-0.2, 0) is 4.79 Å². The highest BCUT2D eigenvalue weighted by molar-refractivity contribution is 6.11. The minimum absolute atomic E-state index is 0.0535. The number of amides is 1. The van der Waals surface area contributed by atoms with Crippen LogP contribution < -0.4 is 15.0 Å². The molecule has 1 aliphatic heterocycles. The quantitative estimate of drug-likeness (QED) is 0.641. The molecule has 1 unspecified atom stereocenters. The van der Waals surface area contributed by atoms with Gasteiger partial charge in [0.05, 0.1) is 13.2 Å². The first-order valence-corrected chi connectivity index (χ1v) is 9.65. The minimum atomic E-state index is -0.215. The molecule has 4 heteroatoms. The van der Waals surface area contributed by atoms with Crippen LogP contribution in [0.4, 0.5) is 11.4 Å². The van der Waals surface area contributed by atoms with Crippen molar-refractivity contribution >= 4 is 17.3 Å². The number of hydrogen-bond acceptors (Lipinski definition) is 3. The van der Waals surface area contributed by atoms with Gasteiger partial charge in [0.15, 0.2) is 0 Å². The number of methoxy groups -OCH3 is 1. The molecule has 4 rings (SSSR count). The fraction of sp³-hybridized carbons (Fsp3) is 0.160. The molecule has 0 spiro atoms. The Bertz CT molecular complexity index is 1050. The van der Waals surface area contributed by atoms with Crippen molar-refractivity contribution in [2.24, 2.45) is 0 Å². The van der Waals surface area contributed by atoms with Crippen molar-refractivity contribution in [3.63, 3.8) is 0 Å². The topological polar surface area (TPSA) is 41.6 Å². The van der Waals surface area contributed by atoms with Gasteiger partial charge in [-0.2, -0.15) is 0 Å². The second-order valence-electron chi connectivity index (χ2n) is 7.30. The average Bonchev–Trinajstić information content (AvgIpc) is 3.06. The van der Waals surface area contributed by atoms with Gasteiger partial charge in [-0.05, 0) is 61.9 Å². The van der Waals surface area contributed by atoms with Crippen LogP contribution in [-0.4, -0.2) is 13.0 Å². The molecule has 1 aliphatic rings. The molecule has 1 N–H and O–H groups in total. The lowest BCUT2D eigenvalue weighted by Gasteiger charge is -2.25. The molecule has 3 aromatic carbocycles. The van der Waals surface area contributed by atoms with Crippen molar-refractivity contribution in [3.05, 3.63) is 101 Å². The summed E-state index contributed by atoms with van der Waals surface area (Å²) >= 11 is 0. The van der Waals surface area contributed by atoms with Gasteiger partial charge in [-0.25, -0.2) is 0 Å². The SMILES string of the molecule is COc1cccc(C2C=C(Nc3ccc(C)cc3)C(=O)N2c2ccc(C)cc2)c1. The molecule has 0 bridgehead atoms. The lowest BCUT2D eigenvalue weighted by atomic mass is 10.1. The monoisotopic (exact) mass is 384 g/mol. The zero-order chi connectivity index (χ0) is 20.4. The molecular formula is C25H24N2O2. The third-order valence-corrected chi connectivity index (χ3v) is 5.13. The highest BCUT2D eigenvalue weighted by atomic mass is 16.5. The largest absolute Gasteiger partial charge is 0.497 e. The van der Waals surface area contributed by atoms with E-state index in [4.69, 9.17) is 4.74 Å². The summed E-state index contributed by atoms with van der Waals surface area (Å²) in [6.45, 7) is 4.08. The van der Waals surface area contributed by atoms with E-state index in [1.54, 1.807) is 7.11 Å². The van der Waals surface area contributed by atoms with Gasteiger partial charge in [0.2, 0.25) is 0 Å². The summed E-state index contributed by atoms with van der Waals surface area (Å²) in [4.78, 5) is 15.2. The Balaban J connectivity index is 1.73. The molecular weight excluding hydrogens is 360 g/mol. The van der Waals surface area contributed by atoms with E-state index in [2.05, 4.69) is 5.32 Å². The Morgan fingerprint density at radius 1 is 0.897 bits per heavy atom. The molecule has 0 saturated carbocycles. The number of benzene rings is 3. The van der Waals surface area contributed by atoms with E-state index < -0.39 is 0 Å². The molecule has 1 heterocycles. The van der Waals surface area contributed by atoms with Gasteiger partial charge in [0, 0.05) is 11.4 Å². The molecule has 0 aromatic heterocycles. The fourth-order valence-electron chi connectivity index (χ4n) is 3.50. The number of anilines is 2. The standard InChI is InChI=1S/C25H24N2O2/c1-17-7-11-20(12-8-17)26-23-16-24(19-5-4-6-22(15-19)29-3)27(25(23)28)21-13-9-18(2)10-14-21/h4-16,24,26H,1-3H3. The fourth-order valence-corrected chi connectivity index (χ4v) is 3.50. The van der Waals surface area contributed by atoms with Crippen LogP contribution in [0.2, 0.25) is 0 Å². The molecule has 3 aromatic rings. The first-order chi connectivity index (χ1) is 14.0. The van der Waals surface area contributed by atoms with Crippen molar-refractivity contribution in [1.82, 2.24) is 0 Å². The summed E-state index contributed by atoms with van der Waals surface area (Å²) in [5, 5.41) is 3.30. The van der Waals surface area contributed by atoms with Crippen LogP contribution in [0, 0.1) is 13.8 Å². The number of rotatable bonds is 5. The molecule has 0 saturated heterocycles. The van der Waals surface area contributed by atoms with Gasteiger partial charge >= 0.3 is 0 Å². The van der Waals surface area contributed by atoms with E-state index in [0.717, 1.165) is 28.3 Å². The van der Waals surface area contributed by atoms with Gasteiger partial charge < -0.3 is 10.1 Å². The van der Waals surface area contributed by atoms with E-state index in [1.165, 1.54) is 5.56 Å². The van der Waals surface area contributed by atoms with Crippen molar-refractivity contribution in [3.8, 4) is 5.75 Å². The second kappa shape index (κ2) is 7.84. The number of nitrogens with zero attached hydrogens (tertiary/aromatic N) is 1. The first-order valence-electron chi connectivity index (χ1n) is 9.65. The molecule has 146 valence electrons. The summed E-state index contributed by atoms with van der Waals surface area (Å²) in [6.07, 6.45) is 1.98. The van der Waals surface area contributed by atoms with Crippen molar-refractivity contribution in [2.75, 3.05) is 17.3 Å². The summed E-state index contributed by atoms with van der Waals surface area (Å²) in [7, 11) is 1.65. The zero-order valence-electron chi connectivity index (χ0n) is 16.8. The predicted octanol–water partition coefficient (Wildman–Crippen LogP) is 5.40. The van der Waals surface area contributed by atoms with Gasteiger partial charge in [-0.1, -0.05) is 47.5 Å². The second-order valence-corrected chi connectivity index (χ2v) is 7.30. The maximum Gasteiger partial charge on any atom is 0.275 e. The van der Waals surface area contributed by atoms with Crippen molar-refractivity contribution < 1.29 is 9.53 Å². The van der Waals surface area contributed by atoms with E-state index in [-0.39, 0.29) is 11.9 Å². The Labute approximate surface area is 171 Å². The molecule has 1 amide bonds. The van der Waals surface area contributed by atoms with Crippen LogP contribution in [0.25, 0.3) is 0 Å². The number of ether oxygens (including phenoxy) is 1. The zero-order valence-corrected chi connectivity index (χ0v) is 16.8. The number of aryl methyl sites for hydroxylation is 2. The van der Waals surface area contributed by atoms with Crippen LogP contribution in [0.5, 0.6) is 5.75 Å². The maximum atomic E-state index is 13.4. The smallest absolute Gasteiger partial charge is 0.275 e. The summed E-state index contributed by atoms with van der Waals surface area (Å²) in [6, 6.07) is 23.7. The third-order valence-electron chi connectivity index (χ3n) is 5.13. The Morgan fingerprint density at radius 3 is 2.21 bits per heavy atom. The summed E-state index contributed by atoms with van der Waals surface area (Å²) in [5.41, 5.74) is 5.67. The molecule has 4 nitrogen and oxygen atoms in total. The maximum absolute atomic E-state index is 13.4. The van der Waals surface area contributed by atoms with Crippen LogP contribution in [0.15, 0.2) is 84.6 Å². The van der Waals surface area contributed by atoms with Crippen LogP contribution in [0.1, 0.15) is 22.7 Å². The highest BCUT2D eigenvalue weighted by Gasteiger charge is 2.34. The summed E-state index contributed by atoms with van der Waals surface area (Å²) < 4.78 is 5.39. The Hall–Kier alpha value is -3.53. The number of nitrogens with one attached hydrogen (secondary N) is 1. The number of hydrogen-bond donors (Lipinski definition) is 1. The highest BCUT2D eigenvalue weighted by Crippen LogP contribution is 2.37. The van der Waals surface area contributed by atoms with Gasteiger partial charge in [0.1, 0.15) is 11.4 Å². The minimum Gasteiger partial charge on any atom is -0.497 e. The first kappa shape index (κ1) is 18.8. The number of carbonyl (C=O) groups is 1. The van der Waals surface area contributed by atoms with E-state index in [9.17, 15) is 4.79 Å². The molecule has 1 atom stereocenters. The van der Waals surface area contributed by atoms with Gasteiger partial charge in [-0.15, -0.1) is 0 Å². The van der Waals surface area contributed by atoms with E-state index >= 15 is 0 Å². The Morgan fingerprint density at radius 2 is 1.55 bits per heavy atom.